The Bertz CT molecular complexity index is 387. The number of carboxylic acid groups (broad SMARTS) is 1. The van der Waals surface area contributed by atoms with Crippen molar-refractivity contribution in [2.45, 2.75) is 57.3 Å². The number of hydrogen-bond acceptors (Lipinski definition) is 4. The summed E-state index contributed by atoms with van der Waals surface area (Å²) in [5, 5.41) is 9.43. The topological polar surface area (TPSA) is 53.0 Å². The minimum atomic E-state index is -0.738. The number of aliphatic carboxylic acids is 1. The Labute approximate surface area is 121 Å². The number of carbonyl (C=O) groups is 1. The van der Waals surface area contributed by atoms with Gasteiger partial charge in [0, 0.05) is 26.2 Å². The first-order valence-electron chi connectivity index (χ1n) is 7.44. The fourth-order valence-electron chi connectivity index (χ4n) is 4.10. The molecule has 0 bridgehead atoms. The highest BCUT2D eigenvalue weighted by molar-refractivity contribution is 5.69. The van der Waals surface area contributed by atoms with Gasteiger partial charge in [-0.25, -0.2) is 0 Å². The Hall–Kier alpha value is -0.650. The number of piperazine rings is 1. The summed E-state index contributed by atoms with van der Waals surface area (Å²) in [6.45, 7) is 12.0. The Morgan fingerprint density at radius 1 is 1.15 bits per heavy atom. The number of hydrogen-bond donors (Lipinski definition) is 1. The van der Waals surface area contributed by atoms with E-state index in [0.29, 0.717) is 0 Å². The Morgan fingerprint density at radius 2 is 1.70 bits per heavy atom. The molecule has 2 heterocycles. The lowest BCUT2D eigenvalue weighted by molar-refractivity contribution is -0.149. The summed E-state index contributed by atoms with van der Waals surface area (Å²) >= 11 is 0. The fraction of sp³-hybridized carbons (Fsp3) is 0.933. The van der Waals surface area contributed by atoms with Crippen molar-refractivity contribution in [3.8, 4) is 0 Å². The van der Waals surface area contributed by atoms with E-state index in [-0.39, 0.29) is 12.0 Å². The van der Waals surface area contributed by atoms with E-state index in [4.69, 9.17) is 4.74 Å². The molecule has 2 aliphatic rings. The van der Waals surface area contributed by atoms with Crippen molar-refractivity contribution in [2.75, 3.05) is 33.2 Å². The maximum Gasteiger partial charge on any atom is 0.305 e. The SMILES string of the molecule is CN1CCN(C2(CC(=O)O)CC(C)(C)OC2(C)C)CC1. The van der Waals surface area contributed by atoms with Crippen LogP contribution in [0.3, 0.4) is 0 Å². The lowest BCUT2D eigenvalue weighted by atomic mass is 9.74. The van der Waals surface area contributed by atoms with E-state index in [0.717, 1.165) is 32.6 Å². The Balaban J connectivity index is 2.33. The first-order chi connectivity index (χ1) is 9.08. The fourth-order valence-corrected chi connectivity index (χ4v) is 4.10. The summed E-state index contributed by atoms with van der Waals surface area (Å²) in [4.78, 5) is 16.1. The molecule has 0 aromatic heterocycles. The molecule has 0 radical (unpaired) electrons. The molecule has 2 saturated heterocycles. The van der Waals surface area contributed by atoms with Crippen molar-refractivity contribution in [2.24, 2.45) is 0 Å². The molecule has 0 aliphatic carbocycles. The average molecular weight is 284 g/mol. The summed E-state index contributed by atoms with van der Waals surface area (Å²) in [5.41, 5.74) is -1.14. The molecule has 20 heavy (non-hydrogen) atoms. The molecule has 0 aromatic rings. The number of ether oxygens (including phenoxy) is 1. The van der Waals surface area contributed by atoms with E-state index in [2.05, 4.69) is 30.7 Å². The maximum absolute atomic E-state index is 11.5. The summed E-state index contributed by atoms with van der Waals surface area (Å²) in [6.07, 6.45) is 0.913. The van der Waals surface area contributed by atoms with Gasteiger partial charge in [0.1, 0.15) is 0 Å². The lowest BCUT2D eigenvalue weighted by Gasteiger charge is -2.50. The molecule has 0 amide bonds. The predicted molar refractivity (Wildman–Crippen MR) is 77.9 cm³/mol. The number of rotatable bonds is 3. The lowest BCUT2D eigenvalue weighted by Crippen LogP contribution is -2.64. The monoisotopic (exact) mass is 284 g/mol. The zero-order valence-electron chi connectivity index (χ0n) is 13.4. The quantitative estimate of drug-likeness (QED) is 0.849. The molecule has 1 atom stereocenters. The third kappa shape index (κ3) is 2.71. The molecule has 2 fully saturated rings. The van der Waals surface area contributed by atoms with E-state index in [1.54, 1.807) is 0 Å². The van der Waals surface area contributed by atoms with Crippen LogP contribution in [-0.2, 0) is 9.53 Å². The van der Waals surface area contributed by atoms with Gasteiger partial charge in [-0.1, -0.05) is 0 Å². The van der Waals surface area contributed by atoms with E-state index in [9.17, 15) is 9.90 Å². The van der Waals surface area contributed by atoms with E-state index in [1.807, 2.05) is 13.8 Å². The highest BCUT2D eigenvalue weighted by atomic mass is 16.5. The molecule has 0 aromatic carbocycles. The third-order valence-corrected chi connectivity index (χ3v) is 4.92. The molecule has 2 aliphatic heterocycles. The van der Waals surface area contributed by atoms with Crippen LogP contribution < -0.4 is 0 Å². The minimum Gasteiger partial charge on any atom is -0.481 e. The van der Waals surface area contributed by atoms with Crippen molar-refractivity contribution in [3.63, 3.8) is 0 Å². The van der Waals surface area contributed by atoms with Crippen molar-refractivity contribution < 1.29 is 14.6 Å². The second kappa shape index (κ2) is 4.97. The smallest absolute Gasteiger partial charge is 0.305 e. The summed E-state index contributed by atoms with van der Waals surface area (Å²) in [7, 11) is 2.11. The van der Waals surface area contributed by atoms with Gasteiger partial charge in [0.25, 0.3) is 0 Å². The number of nitrogens with zero attached hydrogens (tertiary/aromatic N) is 2. The van der Waals surface area contributed by atoms with Gasteiger partial charge in [-0.15, -0.1) is 0 Å². The summed E-state index contributed by atoms with van der Waals surface area (Å²) < 4.78 is 6.21. The third-order valence-electron chi connectivity index (χ3n) is 4.92. The van der Waals surface area contributed by atoms with E-state index in [1.165, 1.54) is 0 Å². The molecular weight excluding hydrogens is 256 g/mol. The van der Waals surface area contributed by atoms with Crippen LogP contribution in [0.5, 0.6) is 0 Å². The van der Waals surface area contributed by atoms with Gasteiger partial charge in [-0.2, -0.15) is 0 Å². The van der Waals surface area contributed by atoms with Gasteiger partial charge in [-0.3, -0.25) is 9.69 Å². The van der Waals surface area contributed by atoms with Gasteiger partial charge < -0.3 is 14.7 Å². The minimum absolute atomic E-state index is 0.146. The Morgan fingerprint density at radius 3 is 2.10 bits per heavy atom. The van der Waals surface area contributed by atoms with Gasteiger partial charge in [0.15, 0.2) is 0 Å². The van der Waals surface area contributed by atoms with Crippen LogP contribution in [0.1, 0.15) is 40.5 Å². The van der Waals surface area contributed by atoms with Crippen LogP contribution in [0.25, 0.3) is 0 Å². The predicted octanol–water partition coefficient (Wildman–Crippen LogP) is 1.42. The van der Waals surface area contributed by atoms with Crippen LogP contribution in [-0.4, -0.2) is 70.8 Å². The molecule has 5 nitrogen and oxygen atoms in total. The van der Waals surface area contributed by atoms with Crippen LogP contribution in [0.15, 0.2) is 0 Å². The molecule has 5 heteroatoms. The summed E-state index contributed by atoms with van der Waals surface area (Å²) in [6, 6.07) is 0. The van der Waals surface area contributed by atoms with Crippen molar-refractivity contribution in [3.05, 3.63) is 0 Å². The Kier molecular flexibility index (Phi) is 3.91. The van der Waals surface area contributed by atoms with Gasteiger partial charge >= 0.3 is 5.97 Å². The van der Waals surface area contributed by atoms with Crippen LogP contribution in [0.2, 0.25) is 0 Å². The molecule has 116 valence electrons. The first kappa shape index (κ1) is 15.7. The second-order valence-corrected chi connectivity index (χ2v) is 7.44. The first-order valence-corrected chi connectivity index (χ1v) is 7.44. The summed E-state index contributed by atoms with van der Waals surface area (Å²) in [5.74, 6) is -0.738. The number of likely N-dealkylation sites (N-methyl/N-ethyl adjacent to an activating group) is 1. The molecule has 0 spiro atoms. The zero-order valence-corrected chi connectivity index (χ0v) is 13.4. The highest BCUT2D eigenvalue weighted by Gasteiger charge is 2.60. The molecular formula is C15H28N2O3. The molecule has 1 N–H and O–H groups in total. The second-order valence-electron chi connectivity index (χ2n) is 7.44. The maximum atomic E-state index is 11.5. The molecule has 2 rings (SSSR count). The average Bonchev–Trinajstić information content (AvgIpc) is 2.43. The van der Waals surface area contributed by atoms with Crippen molar-refractivity contribution >= 4 is 5.97 Å². The largest absolute Gasteiger partial charge is 0.481 e. The standard InChI is InChI=1S/C15H28N2O3/c1-13(2)11-15(10-12(18)19,14(3,4)20-13)17-8-6-16(5)7-9-17/h6-11H2,1-5H3,(H,18,19). The van der Waals surface area contributed by atoms with Gasteiger partial charge in [0.05, 0.1) is 23.2 Å². The van der Waals surface area contributed by atoms with Crippen molar-refractivity contribution in [1.29, 1.82) is 0 Å². The molecule has 0 saturated carbocycles. The zero-order chi connectivity index (χ0) is 15.2. The van der Waals surface area contributed by atoms with Crippen LogP contribution >= 0.6 is 0 Å². The normalized spacial score (nSPS) is 34.2. The highest BCUT2D eigenvalue weighted by Crippen LogP contribution is 2.50. The number of carboxylic acids is 1. The van der Waals surface area contributed by atoms with E-state index >= 15 is 0 Å². The molecule has 1 unspecified atom stereocenters. The van der Waals surface area contributed by atoms with E-state index < -0.39 is 17.1 Å². The van der Waals surface area contributed by atoms with Crippen LogP contribution in [0, 0.1) is 0 Å². The van der Waals surface area contributed by atoms with Crippen molar-refractivity contribution in [1.82, 2.24) is 9.80 Å². The van der Waals surface area contributed by atoms with Gasteiger partial charge in [0.2, 0.25) is 0 Å². The van der Waals surface area contributed by atoms with Gasteiger partial charge in [-0.05, 0) is 41.2 Å². The van der Waals surface area contributed by atoms with Crippen LogP contribution in [0.4, 0.5) is 0 Å².